The summed E-state index contributed by atoms with van der Waals surface area (Å²) in [5.74, 6) is 1.50. The Labute approximate surface area is 81.2 Å². The largest absolute Gasteiger partial charge is 0.508 e. The van der Waals surface area contributed by atoms with Gasteiger partial charge in [0.25, 0.3) is 0 Å². The van der Waals surface area contributed by atoms with E-state index in [-0.39, 0.29) is 5.75 Å². The van der Waals surface area contributed by atoms with Crippen molar-refractivity contribution in [2.24, 2.45) is 0 Å². The summed E-state index contributed by atoms with van der Waals surface area (Å²) < 4.78 is 5.13. The Bertz CT molecular complexity index is 424. The van der Waals surface area contributed by atoms with Crippen molar-refractivity contribution in [3.8, 4) is 22.9 Å². The average molecular weight is 190 g/mol. The minimum Gasteiger partial charge on any atom is -0.508 e. The van der Waals surface area contributed by atoms with Gasteiger partial charge in [0.1, 0.15) is 17.3 Å². The lowest BCUT2D eigenvalue weighted by atomic mass is 10.2. The van der Waals surface area contributed by atoms with Gasteiger partial charge in [0.05, 0.1) is 12.7 Å². The van der Waals surface area contributed by atoms with Crippen molar-refractivity contribution in [1.82, 2.24) is 9.97 Å². The Morgan fingerprint density at radius 2 is 2.29 bits per heavy atom. The molecule has 0 spiro atoms. The van der Waals surface area contributed by atoms with E-state index in [0.717, 1.165) is 11.4 Å². The number of phenols is 1. The van der Waals surface area contributed by atoms with Gasteiger partial charge in [0.2, 0.25) is 0 Å². The average Bonchev–Trinajstić information content (AvgIpc) is 2.70. The van der Waals surface area contributed by atoms with Crippen LogP contribution in [0.4, 0.5) is 0 Å². The van der Waals surface area contributed by atoms with Gasteiger partial charge in [-0.2, -0.15) is 0 Å². The Balaban J connectivity index is 2.53. The van der Waals surface area contributed by atoms with Crippen molar-refractivity contribution in [3.63, 3.8) is 0 Å². The van der Waals surface area contributed by atoms with Gasteiger partial charge in [-0.05, 0) is 12.1 Å². The molecule has 0 aliphatic rings. The Hall–Kier alpha value is -1.97. The number of aromatic amines is 1. The lowest BCUT2D eigenvalue weighted by Gasteiger charge is -2.05. The molecule has 2 rings (SSSR count). The van der Waals surface area contributed by atoms with Crippen LogP contribution in [0.5, 0.6) is 11.5 Å². The maximum atomic E-state index is 9.26. The third kappa shape index (κ3) is 1.42. The number of methoxy groups -OCH3 is 1. The highest BCUT2D eigenvalue weighted by molar-refractivity contribution is 5.65. The summed E-state index contributed by atoms with van der Waals surface area (Å²) in [6, 6.07) is 4.91. The van der Waals surface area contributed by atoms with Gasteiger partial charge in [-0.25, -0.2) is 4.98 Å². The minimum atomic E-state index is 0.178. The number of aromatic nitrogens is 2. The van der Waals surface area contributed by atoms with Crippen molar-refractivity contribution in [2.45, 2.75) is 0 Å². The SMILES string of the molecule is COc1cc(O)ccc1-c1ncc[nH]1. The number of ether oxygens (including phenoxy) is 1. The molecule has 4 heteroatoms. The topological polar surface area (TPSA) is 58.1 Å². The molecule has 1 aromatic carbocycles. The molecule has 2 N–H and O–H groups in total. The van der Waals surface area contributed by atoms with Crippen LogP contribution in [0.3, 0.4) is 0 Å². The fourth-order valence-electron chi connectivity index (χ4n) is 1.29. The number of imidazole rings is 1. The molecular weight excluding hydrogens is 180 g/mol. The van der Waals surface area contributed by atoms with Crippen molar-refractivity contribution in [2.75, 3.05) is 7.11 Å². The quantitative estimate of drug-likeness (QED) is 0.759. The summed E-state index contributed by atoms with van der Waals surface area (Å²) in [6.45, 7) is 0. The zero-order chi connectivity index (χ0) is 9.97. The van der Waals surface area contributed by atoms with Crippen LogP contribution in [0.2, 0.25) is 0 Å². The molecule has 0 fully saturated rings. The van der Waals surface area contributed by atoms with Crippen LogP contribution in [0.25, 0.3) is 11.4 Å². The third-order valence-electron chi connectivity index (χ3n) is 1.94. The fourth-order valence-corrected chi connectivity index (χ4v) is 1.29. The first kappa shape index (κ1) is 8.62. The molecule has 0 aliphatic heterocycles. The van der Waals surface area contributed by atoms with Crippen LogP contribution < -0.4 is 4.74 Å². The highest BCUT2D eigenvalue weighted by Gasteiger charge is 2.07. The first-order valence-corrected chi connectivity index (χ1v) is 4.18. The van der Waals surface area contributed by atoms with E-state index in [4.69, 9.17) is 4.74 Å². The van der Waals surface area contributed by atoms with Crippen LogP contribution >= 0.6 is 0 Å². The van der Waals surface area contributed by atoms with Crippen molar-refractivity contribution in [1.29, 1.82) is 0 Å². The monoisotopic (exact) mass is 190 g/mol. The van der Waals surface area contributed by atoms with Crippen LogP contribution in [0.1, 0.15) is 0 Å². The summed E-state index contributed by atoms with van der Waals surface area (Å²) in [6.07, 6.45) is 3.41. The van der Waals surface area contributed by atoms with Gasteiger partial charge in [-0.3, -0.25) is 0 Å². The van der Waals surface area contributed by atoms with Crippen LogP contribution in [-0.2, 0) is 0 Å². The van der Waals surface area contributed by atoms with Gasteiger partial charge in [-0.1, -0.05) is 0 Å². The molecule has 1 aromatic heterocycles. The van der Waals surface area contributed by atoms with Gasteiger partial charge in [0.15, 0.2) is 0 Å². The first-order chi connectivity index (χ1) is 6.81. The zero-order valence-corrected chi connectivity index (χ0v) is 7.69. The van der Waals surface area contributed by atoms with Crippen LogP contribution in [0, 0.1) is 0 Å². The standard InChI is InChI=1S/C10H10N2O2/c1-14-9-6-7(13)2-3-8(9)10-11-4-5-12-10/h2-6,13H,1H3,(H,11,12). The van der Waals surface area contributed by atoms with Gasteiger partial charge in [0, 0.05) is 18.5 Å². The molecular formula is C10H10N2O2. The van der Waals surface area contributed by atoms with Crippen molar-refractivity contribution < 1.29 is 9.84 Å². The predicted octanol–water partition coefficient (Wildman–Crippen LogP) is 1.79. The van der Waals surface area contributed by atoms with E-state index in [2.05, 4.69) is 9.97 Å². The molecule has 2 aromatic rings. The molecule has 0 saturated heterocycles. The second-order valence-electron chi connectivity index (χ2n) is 2.82. The van der Waals surface area contributed by atoms with Crippen molar-refractivity contribution in [3.05, 3.63) is 30.6 Å². The summed E-state index contributed by atoms with van der Waals surface area (Å²) in [5, 5.41) is 9.26. The lowest BCUT2D eigenvalue weighted by molar-refractivity contribution is 0.409. The normalized spacial score (nSPS) is 10.1. The highest BCUT2D eigenvalue weighted by atomic mass is 16.5. The van der Waals surface area contributed by atoms with E-state index in [1.807, 2.05) is 0 Å². The molecule has 0 unspecified atom stereocenters. The molecule has 4 nitrogen and oxygen atoms in total. The summed E-state index contributed by atoms with van der Waals surface area (Å²) >= 11 is 0. The number of phenolic OH excluding ortho intramolecular Hbond substituents is 1. The number of rotatable bonds is 2. The molecule has 0 radical (unpaired) electrons. The van der Waals surface area contributed by atoms with E-state index < -0.39 is 0 Å². The first-order valence-electron chi connectivity index (χ1n) is 4.18. The van der Waals surface area contributed by atoms with Gasteiger partial charge in [-0.15, -0.1) is 0 Å². The lowest BCUT2D eigenvalue weighted by Crippen LogP contribution is -1.88. The maximum Gasteiger partial charge on any atom is 0.141 e. The molecule has 0 aliphatic carbocycles. The van der Waals surface area contributed by atoms with Crippen LogP contribution in [0.15, 0.2) is 30.6 Å². The summed E-state index contributed by atoms with van der Waals surface area (Å²) in [5.41, 5.74) is 0.829. The second-order valence-corrected chi connectivity index (χ2v) is 2.82. The molecule has 0 bridgehead atoms. The molecule has 0 saturated carbocycles. The molecule has 14 heavy (non-hydrogen) atoms. The third-order valence-corrected chi connectivity index (χ3v) is 1.94. The molecule has 72 valence electrons. The van der Waals surface area contributed by atoms with E-state index in [1.165, 1.54) is 0 Å². The van der Waals surface area contributed by atoms with E-state index >= 15 is 0 Å². The zero-order valence-electron chi connectivity index (χ0n) is 7.69. The number of benzene rings is 1. The smallest absolute Gasteiger partial charge is 0.141 e. The van der Waals surface area contributed by atoms with E-state index in [0.29, 0.717) is 5.75 Å². The molecule has 0 atom stereocenters. The number of aromatic hydroxyl groups is 1. The minimum absolute atomic E-state index is 0.178. The highest BCUT2D eigenvalue weighted by Crippen LogP contribution is 2.30. The van der Waals surface area contributed by atoms with Crippen molar-refractivity contribution >= 4 is 0 Å². The van der Waals surface area contributed by atoms with E-state index in [1.54, 1.807) is 37.7 Å². The van der Waals surface area contributed by atoms with Gasteiger partial charge < -0.3 is 14.8 Å². The fraction of sp³-hybridized carbons (Fsp3) is 0.100. The Morgan fingerprint density at radius 1 is 1.43 bits per heavy atom. The number of nitrogens with zero attached hydrogens (tertiary/aromatic N) is 1. The number of H-pyrrole nitrogens is 1. The van der Waals surface area contributed by atoms with Crippen LogP contribution in [-0.4, -0.2) is 22.2 Å². The Kier molecular flexibility index (Phi) is 2.10. The van der Waals surface area contributed by atoms with E-state index in [9.17, 15) is 5.11 Å². The predicted molar refractivity (Wildman–Crippen MR) is 52.2 cm³/mol. The summed E-state index contributed by atoms with van der Waals surface area (Å²) in [4.78, 5) is 7.08. The summed E-state index contributed by atoms with van der Waals surface area (Å²) in [7, 11) is 1.56. The number of nitrogens with one attached hydrogen (secondary N) is 1. The Morgan fingerprint density at radius 3 is 2.93 bits per heavy atom. The van der Waals surface area contributed by atoms with Gasteiger partial charge >= 0.3 is 0 Å². The second kappa shape index (κ2) is 3.41. The molecule has 1 heterocycles. The maximum absolute atomic E-state index is 9.26. The number of hydrogen-bond acceptors (Lipinski definition) is 3. The number of hydrogen-bond donors (Lipinski definition) is 2. The molecule has 0 amide bonds.